The lowest BCUT2D eigenvalue weighted by Crippen LogP contribution is -1.72. The molecule has 0 aliphatic rings. The molecule has 1 rings (SSSR count). The van der Waals surface area contributed by atoms with Crippen molar-refractivity contribution in [2.24, 2.45) is 0 Å². The van der Waals surface area contributed by atoms with Crippen molar-refractivity contribution in [1.29, 1.82) is 0 Å². The van der Waals surface area contributed by atoms with Crippen LogP contribution in [0.1, 0.15) is 5.69 Å². The fraction of sp³-hybridized carbons (Fsp3) is 0.167. The fourth-order valence-electron chi connectivity index (χ4n) is 0.448. The van der Waals surface area contributed by atoms with Gasteiger partial charge in [0, 0.05) is 11.9 Å². The smallest absolute Gasteiger partial charge is 0.0372 e. The van der Waals surface area contributed by atoms with Gasteiger partial charge < -0.3 is 27.4 Å². The highest BCUT2D eigenvalue weighted by atomic mass is 16.0. The zero-order chi connectivity index (χ0) is 5.11. The van der Waals surface area contributed by atoms with Crippen LogP contribution in [0.5, 0.6) is 0 Å². The van der Waals surface area contributed by atoms with E-state index in [0.29, 0.717) is 0 Å². The second-order valence-corrected chi connectivity index (χ2v) is 1.47. The van der Waals surface area contributed by atoms with Gasteiger partial charge in [0.15, 0.2) is 0 Å². The molecule has 1 aromatic heterocycles. The quantitative estimate of drug-likeness (QED) is 0.417. The van der Waals surface area contributed by atoms with Gasteiger partial charge in [-0.3, -0.25) is 4.98 Å². The van der Waals surface area contributed by atoms with Gasteiger partial charge in [0.05, 0.1) is 0 Å². The summed E-state index contributed by atoms with van der Waals surface area (Å²) >= 11 is 0. The van der Waals surface area contributed by atoms with Crippen molar-refractivity contribution in [2.75, 3.05) is 0 Å². The average Bonchev–Trinajstić information content (AvgIpc) is 1.69. The molecule has 0 unspecified atom stereocenters. The Kier molecular flexibility index (Phi) is 42.1. The maximum Gasteiger partial charge on any atom is 0.0372 e. The van der Waals surface area contributed by atoms with Crippen molar-refractivity contribution in [3.05, 3.63) is 30.1 Å². The van der Waals surface area contributed by atoms with Gasteiger partial charge in [-0.05, 0) is 19.1 Å². The van der Waals surface area contributed by atoms with Gasteiger partial charge in [0.25, 0.3) is 0 Å². The van der Waals surface area contributed by atoms with E-state index in [1.165, 1.54) is 0 Å². The van der Waals surface area contributed by atoms with Gasteiger partial charge in [-0.15, -0.1) is 0 Å². The maximum atomic E-state index is 3.98. The summed E-state index contributed by atoms with van der Waals surface area (Å²) in [5.74, 6) is 0. The number of aryl methyl sites for hydroxylation is 1. The van der Waals surface area contributed by atoms with Crippen LogP contribution in [0.25, 0.3) is 0 Å². The topological polar surface area (TPSA) is 170 Å². The molecule has 0 amide bonds. The normalized spacial score (nSPS) is 5.08. The van der Waals surface area contributed by atoms with Crippen LogP contribution >= 0.6 is 0 Å². The van der Waals surface area contributed by atoms with Crippen LogP contribution in [0.15, 0.2) is 24.4 Å². The lowest BCUT2D eigenvalue weighted by atomic mass is 10.4. The Balaban J connectivity index is -0.0000000327. The first-order valence-electron chi connectivity index (χ1n) is 2.27. The Morgan fingerprint density at radius 1 is 0.917 bits per heavy atom. The number of pyridine rings is 1. The highest BCUT2D eigenvalue weighted by Gasteiger charge is 1.73. The van der Waals surface area contributed by atoms with Gasteiger partial charge in [-0.1, -0.05) is 6.07 Å². The van der Waals surface area contributed by atoms with Crippen LogP contribution in [0.4, 0.5) is 0 Å². The highest BCUT2D eigenvalue weighted by Crippen LogP contribution is 1.85. The molecule has 12 heavy (non-hydrogen) atoms. The molecule has 0 fully saturated rings. The number of hydrogen-bond acceptors (Lipinski definition) is 1. The predicted octanol–water partition coefficient (Wildman–Crippen LogP) is -2.73. The highest BCUT2D eigenvalue weighted by molar-refractivity contribution is 4.99. The molecule has 0 spiro atoms. The maximum absolute atomic E-state index is 3.98. The largest absolute Gasteiger partial charge is 0.412 e. The van der Waals surface area contributed by atoms with E-state index in [4.69, 9.17) is 0 Å². The molecule has 0 radical (unpaired) electrons. The average molecular weight is 183 g/mol. The van der Waals surface area contributed by atoms with Crippen LogP contribution in [0.2, 0.25) is 0 Å². The standard InChI is InChI=1S/C6H7N.5H2O/c1-6-4-2-3-5-7-6;;;;;/h2-5H,1H3;5*1H2. The van der Waals surface area contributed by atoms with Gasteiger partial charge >= 0.3 is 0 Å². The van der Waals surface area contributed by atoms with E-state index in [9.17, 15) is 0 Å². The van der Waals surface area contributed by atoms with E-state index < -0.39 is 0 Å². The molecule has 10 N–H and O–H groups in total. The van der Waals surface area contributed by atoms with Gasteiger partial charge in [-0.2, -0.15) is 0 Å². The van der Waals surface area contributed by atoms with Crippen molar-refractivity contribution < 1.29 is 27.4 Å². The Morgan fingerprint density at radius 2 is 1.42 bits per heavy atom. The van der Waals surface area contributed by atoms with Crippen LogP contribution in [-0.2, 0) is 0 Å². The molecule has 0 saturated heterocycles. The molecule has 76 valence electrons. The lowest BCUT2D eigenvalue weighted by molar-refractivity contribution is 0.823. The first kappa shape index (κ1) is 30.6. The van der Waals surface area contributed by atoms with E-state index in [1.54, 1.807) is 6.20 Å². The minimum Gasteiger partial charge on any atom is -0.412 e. The first-order chi connectivity index (χ1) is 3.39. The summed E-state index contributed by atoms with van der Waals surface area (Å²) < 4.78 is 0. The SMILES string of the molecule is Cc1ccccn1.O.O.O.O.O. The van der Waals surface area contributed by atoms with Crippen LogP contribution < -0.4 is 0 Å². The van der Waals surface area contributed by atoms with E-state index in [2.05, 4.69) is 4.98 Å². The summed E-state index contributed by atoms with van der Waals surface area (Å²) in [4.78, 5) is 3.98. The minimum absolute atomic E-state index is 0. The fourth-order valence-corrected chi connectivity index (χ4v) is 0.448. The number of hydrogen-bond donors (Lipinski definition) is 0. The lowest BCUT2D eigenvalue weighted by Gasteiger charge is -1.82. The Hall–Kier alpha value is -1.05. The summed E-state index contributed by atoms with van der Waals surface area (Å²) in [7, 11) is 0. The molecule has 1 heterocycles. The molecule has 0 atom stereocenters. The third-order valence-corrected chi connectivity index (χ3v) is 0.813. The zero-order valence-electron chi connectivity index (χ0n) is 6.76. The van der Waals surface area contributed by atoms with E-state index >= 15 is 0 Å². The summed E-state index contributed by atoms with van der Waals surface area (Å²) in [5.41, 5.74) is 1.07. The van der Waals surface area contributed by atoms with Gasteiger partial charge in [0.2, 0.25) is 0 Å². The van der Waals surface area contributed by atoms with Crippen molar-refractivity contribution in [1.82, 2.24) is 4.98 Å². The zero-order valence-corrected chi connectivity index (χ0v) is 6.76. The number of aromatic nitrogens is 1. The summed E-state index contributed by atoms with van der Waals surface area (Å²) in [5, 5.41) is 0. The Bertz CT molecular complexity index is 146. The first-order valence-corrected chi connectivity index (χ1v) is 2.27. The van der Waals surface area contributed by atoms with Crippen LogP contribution in [0.3, 0.4) is 0 Å². The molecular weight excluding hydrogens is 166 g/mol. The van der Waals surface area contributed by atoms with E-state index in [1.807, 2.05) is 25.1 Å². The molecular formula is C6H17NO5. The van der Waals surface area contributed by atoms with Crippen molar-refractivity contribution in [2.45, 2.75) is 6.92 Å². The molecule has 0 bridgehead atoms. The third-order valence-electron chi connectivity index (χ3n) is 0.813. The van der Waals surface area contributed by atoms with Crippen molar-refractivity contribution in [3.63, 3.8) is 0 Å². The molecule has 1 aromatic rings. The second-order valence-electron chi connectivity index (χ2n) is 1.47. The summed E-state index contributed by atoms with van der Waals surface area (Å²) in [6, 6.07) is 5.86. The van der Waals surface area contributed by atoms with Gasteiger partial charge in [-0.25, -0.2) is 0 Å². The summed E-state index contributed by atoms with van der Waals surface area (Å²) in [6.45, 7) is 1.97. The molecule has 0 saturated carbocycles. The monoisotopic (exact) mass is 183 g/mol. The summed E-state index contributed by atoms with van der Waals surface area (Å²) in [6.07, 6.45) is 1.79. The van der Waals surface area contributed by atoms with Crippen molar-refractivity contribution >= 4 is 0 Å². The van der Waals surface area contributed by atoms with Crippen LogP contribution in [0, 0.1) is 6.92 Å². The Morgan fingerprint density at radius 3 is 1.58 bits per heavy atom. The van der Waals surface area contributed by atoms with E-state index in [0.717, 1.165) is 5.69 Å². The Labute approximate surface area is 70.4 Å². The second kappa shape index (κ2) is 16.5. The molecule has 0 aromatic carbocycles. The van der Waals surface area contributed by atoms with E-state index in [-0.39, 0.29) is 27.4 Å². The molecule has 6 nitrogen and oxygen atoms in total. The predicted molar refractivity (Wildman–Crippen MR) is 47.0 cm³/mol. The molecule has 0 aliphatic heterocycles. The third kappa shape index (κ3) is 11.7. The minimum atomic E-state index is 0. The number of nitrogens with zero attached hydrogens (tertiary/aromatic N) is 1. The number of rotatable bonds is 0. The molecule has 0 aliphatic carbocycles. The van der Waals surface area contributed by atoms with Crippen LogP contribution in [-0.4, -0.2) is 32.4 Å². The van der Waals surface area contributed by atoms with Gasteiger partial charge in [0.1, 0.15) is 0 Å². The molecule has 6 heteroatoms. The van der Waals surface area contributed by atoms with Crippen molar-refractivity contribution in [3.8, 4) is 0 Å².